The van der Waals surface area contributed by atoms with Crippen molar-refractivity contribution < 1.29 is 4.79 Å². The van der Waals surface area contributed by atoms with Crippen LogP contribution in [0.3, 0.4) is 0 Å². The van der Waals surface area contributed by atoms with Crippen LogP contribution in [-0.4, -0.2) is 29.0 Å². The van der Waals surface area contributed by atoms with Gasteiger partial charge in [0.2, 0.25) is 5.91 Å². The lowest BCUT2D eigenvalue weighted by Gasteiger charge is -2.09. The summed E-state index contributed by atoms with van der Waals surface area (Å²) in [5, 5.41) is 3.49. The Kier molecular flexibility index (Phi) is 5.31. The molecule has 2 aromatic rings. The number of aryl methyl sites for hydroxylation is 3. The van der Waals surface area contributed by atoms with Gasteiger partial charge in [-0.3, -0.25) is 9.59 Å². The van der Waals surface area contributed by atoms with Crippen LogP contribution >= 0.6 is 11.3 Å². The summed E-state index contributed by atoms with van der Waals surface area (Å²) in [7, 11) is 0. The summed E-state index contributed by atoms with van der Waals surface area (Å²) in [4.78, 5) is 33.0. The Labute approximate surface area is 133 Å². The molecule has 0 radical (unpaired) electrons. The standard InChI is InChI=1S/C15H22N4O2S/c1-8(6-16)7-17-12(20)5-4-11-18-14(21)13-9(2)10(3)22-15(13)19-11/h8H,4-7,16H2,1-3H3,(H,17,20)(H,18,19,21). The molecule has 6 nitrogen and oxygen atoms in total. The van der Waals surface area contributed by atoms with Crippen molar-refractivity contribution in [3.8, 4) is 0 Å². The van der Waals surface area contributed by atoms with Gasteiger partial charge >= 0.3 is 0 Å². The molecule has 4 N–H and O–H groups in total. The molecule has 7 heteroatoms. The molecule has 0 bridgehead atoms. The monoisotopic (exact) mass is 322 g/mol. The Morgan fingerprint density at radius 1 is 1.45 bits per heavy atom. The van der Waals surface area contributed by atoms with E-state index < -0.39 is 0 Å². The number of fused-ring (bicyclic) bond motifs is 1. The van der Waals surface area contributed by atoms with Gasteiger partial charge in [-0.1, -0.05) is 6.92 Å². The molecule has 0 aliphatic rings. The van der Waals surface area contributed by atoms with Gasteiger partial charge in [0.25, 0.3) is 5.56 Å². The Balaban J connectivity index is 2.03. The number of H-pyrrole nitrogens is 1. The molecule has 2 aromatic heterocycles. The third kappa shape index (κ3) is 3.72. The van der Waals surface area contributed by atoms with Crippen LogP contribution in [0, 0.1) is 19.8 Å². The highest BCUT2D eigenvalue weighted by atomic mass is 32.1. The van der Waals surface area contributed by atoms with E-state index >= 15 is 0 Å². The van der Waals surface area contributed by atoms with Crippen molar-refractivity contribution in [2.75, 3.05) is 13.1 Å². The molecular formula is C15H22N4O2S. The molecule has 2 rings (SSSR count). The maximum Gasteiger partial charge on any atom is 0.259 e. The third-order valence-corrected chi connectivity index (χ3v) is 4.83. The zero-order valence-electron chi connectivity index (χ0n) is 13.2. The smallest absolute Gasteiger partial charge is 0.259 e. The highest BCUT2D eigenvalue weighted by molar-refractivity contribution is 7.18. The van der Waals surface area contributed by atoms with Gasteiger partial charge in [0.15, 0.2) is 0 Å². The van der Waals surface area contributed by atoms with E-state index in [1.165, 1.54) is 11.3 Å². The van der Waals surface area contributed by atoms with Crippen molar-refractivity contribution in [1.82, 2.24) is 15.3 Å². The first kappa shape index (κ1) is 16.6. The molecule has 0 aliphatic carbocycles. The minimum Gasteiger partial charge on any atom is -0.356 e. The lowest BCUT2D eigenvalue weighted by atomic mass is 10.2. The molecule has 0 saturated carbocycles. The highest BCUT2D eigenvalue weighted by Crippen LogP contribution is 2.25. The van der Waals surface area contributed by atoms with Crippen LogP contribution in [0.4, 0.5) is 0 Å². The van der Waals surface area contributed by atoms with E-state index in [0.29, 0.717) is 37.1 Å². The molecule has 0 aliphatic heterocycles. The van der Waals surface area contributed by atoms with Gasteiger partial charge in [-0.2, -0.15) is 0 Å². The number of aromatic nitrogens is 2. The van der Waals surface area contributed by atoms with Crippen molar-refractivity contribution in [3.63, 3.8) is 0 Å². The van der Waals surface area contributed by atoms with E-state index in [2.05, 4.69) is 15.3 Å². The van der Waals surface area contributed by atoms with Crippen molar-refractivity contribution in [2.24, 2.45) is 11.7 Å². The van der Waals surface area contributed by atoms with Gasteiger partial charge in [-0.05, 0) is 31.9 Å². The summed E-state index contributed by atoms with van der Waals surface area (Å²) in [5.41, 5.74) is 6.36. The summed E-state index contributed by atoms with van der Waals surface area (Å²) in [6.45, 7) is 7.00. The molecule has 0 aromatic carbocycles. The number of nitrogens with two attached hydrogens (primary N) is 1. The van der Waals surface area contributed by atoms with E-state index in [9.17, 15) is 9.59 Å². The van der Waals surface area contributed by atoms with Gasteiger partial charge in [-0.25, -0.2) is 4.98 Å². The molecular weight excluding hydrogens is 300 g/mol. The summed E-state index contributed by atoms with van der Waals surface area (Å²) < 4.78 is 0. The van der Waals surface area contributed by atoms with E-state index in [-0.39, 0.29) is 17.4 Å². The third-order valence-electron chi connectivity index (χ3n) is 3.73. The second-order valence-electron chi connectivity index (χ2n) is 5.62. The zero-order valence-corrected chi connectivity index (χ0v) is 14.0. The number of nitrogens with one attached hydrogen (secondary N) is 2. The van der Waals surface area contributed by atoms with Crippen LogP contribution in [0.2, 0.25) is 0 Å². The van der Waals surface area contributed by atoms with Crippen molar-refractivity contribution in [1.29, 1.82) is 0 Å². The van der Waals surface area contributed by atoms with Crippen LogP contribution in [0.25, 0.3) is 10.2 Å². The highest BCUT2D eigenvalue weighted by Gasteiger charge is 2.12. The van der Waals surface area contributed by atoms with Gasteiger partial charge in [0.05, 0.1) is 5.39 Å². The largest absolute Gasteiger partial charge is 0.356 e. The predicted molar refractivity (Wildman–Crippen MR) is 89.3 cm³/mol. The number of aromatic amines is 1. The van der Waals surface area contributed by atoms with Crippen molar-refractivity contribution in [2.45, 2.75) is 33.6 Å². The molecule has 22 heavy (non-hydrogen) atoms. The summed E-state index contributed by atoms with van der Waals surface area (Å²) in [6, 6.07) is 0. The molecule has 0 fully saturated rings. The molecule has 1 unspecified atom stereocenters. The average Bonchev–Trinajstić information content (AvgIpc) is 2.77. The van der Waals surface area contributed by atoms with Crippen LogP contribution in [-0.2, 0) is 11.2 Å². The molecule has 0 saturated heterocycles. The first-order valence-corrected chi connectivity index (χ1v) is 8.19. The van der Waals surface area contributed by atoms with Crippen LogP contribution in [0.15, 0.2) is 4.79 Å². The van der Waals surface area contributed by atoms with Crippen molar-refractivity contribution in [3.05, 3.63) is 26.6 Å². The van der Waals surface area contributed by atoms with Gasteiger partial charge < -0.3 is 16.0 Å². The second kappa shape index (κ2) is 7.02. The zero-order chi connectivity index (χ0) is 16.3. The Morgan fingerprint density at radius 3 is 2.86 bits per heavy atom. The maximum atomic E-state index is 12.1. The van der Waals surface area contributed by atoms with E-state index in [4.69, 9.17) is 5.73 Å². The first-order chi connectivity index (χ1) is 10.4. The number of rotatable bonds is 6. The Morgan fingerprint density at radius 2 is 2.18 bits per heavy atom. The van der Waals surface area contributed by atoms with E-state index in [0.717, 1.165) is 15.3 Å². The number of carbonyl (C=O) groups excluding carboxylic acids is 1. The minimum atomic E-state index is -0.126. The summed E-state index contributed by atoms with van der Waals surface area (Å²) in [6.07, 6.45) is 0.721. The molecule has 0 spiro atoms. The normalized spacial score (nSPS) is 12.5. The van der Waals surface area contributed by atoms with E-state index in [1.807, 2.05) is 20.8 Å². The lowest BCUT2D eigenvalue weighted by molar-refractivity contribution is -0.121. The Hall–Kier alpha value is -1.73. The predicted octanol–water partition coefficient (Wildman–Crippen LogP) is 1.25. The lowest BCUT2D eigenvalue weighted by Crippen LogP contribution is -2.31. The van der Waals surface area contributed by atoms with Crippen molar-refractivity contribution >= 4 is 27.5 Å². The second-order valence-corrected chi connectivity index (χ2v) is 6.82. The quantitative estimate of drug-likeness (QED) is 0.745. The van der Waals surface area contributed by atoms with E-state index in [1.54, 1.807) is 0 Å². The Bertz CT molecular complexity index is 735. The number of amides is 1. The first-order valence-electron chi connectivity index (χ1n) is 7.38. The SMILES string of the molecule is Cc1sc2nc(CCC(=O)NCC(C)CN)[nH]c(=O)c2c1C. The maximum absolute atomic E-state index is 12.1. The number of hydrogen-bond donors (Lipinski definition) is 3. The molecule has 2 heterocycles. The number of thiophene rings is 1. The van der Waals surface area contributed by atoms with Crippen LogP contribution in [0.5, 0.6) is 0 Å². The fraction of sp³-hybridized carbons (Fsp3) is 0.533. The van der Waals surface area contributed by atoms with Crippen LogP contribution < -0.4 is 16.6 Å². The fourth-order valence-corrected chi connectivity index (χ4v) is 3.16. The number of nitrogens with zero attached hydrogens (tertiary/aromatic N) is 1. The van der Waals surface area contributed by atoms with Gasteiger partial charge in [0, 0.05) is 24.3 Å². The molecule has 120 valence electrons. The topological polar surface area (TPSA) is 101 Å². The summed E-state index contributed by atoms with van der Waals surface area (Å²) >= 11 is 1.51. The summed E-state index contributed by atoms with van der Waals surface area (Å²) in [5.74, 6) is 0.762. The number of hydrogen-bond acceptors (Lipinski definition) is 5. The van der Waals surface area contributed by atoms with Crippen LogP contribution in [0.1, 0.15) is 29.6 Å². The molecule has 1 amide bonds. The van der Waals surface area contributed by atoms with Gasteiger partial charge in [-0.15, -0.1) is 11.3 Å². The minimum absolute atomic E-state index is 0.0541. The molecule has 1 atom stereocenters. The number of carbonyl (C=O) groups is 1. The fourth-order valence-electron chi connectivity index (χ4n) is 2.11. The van der Waals surface area contributed by atoms with Gasteiger partial charge in [0.1, 0.15) is 10.7 Å². The average molecular weight is 322 g/mol.